The Kier molecular flexibility index (Phi) is 9.43. The van der Waals surface area contributed by atoms with Crippen molar-refractivity contribution in [3.05, 3.63) is 23.8 Å². The molecule has 1 rings (SSSR count). The summed E-state index contributed by atoms with van der Waals surface area (Å²) in [6, 6.07) is 5.72. The molecule has 2 N–H and O–H groups in total. The molecule has 140 valence electrons. The number of methoxy groups -OCH3 is 2. The maximum atomic E-state index is 12.0. The van der Waals surface area contributed by atoms with Gasteiger partial charge in [0.25, 0.3) is 0 Å². The average Bonchev–Trinajstić information content (AvgIpc) is 2.59. The minimum Gasteiger partial charge on any atom is -0.493 e. The largest absolute Gasteiger partial charge is 0.493 e. The van der Waals surface area contributed by atoms with E-state index in [1.807, 2.05) is 32.0 Å². The van der Waals surface area contributed by atoms with Crippen molar-refractivity contribution < 1.29 is 19.1 Å². The Morgan fingerprint density at radius 1 is 1.00 bits per heavy atom. The number of carbonyl (C=O) groups excluding carboxylic acids is 2. The van der Waals surface area contributed by atoms with E-state index < -0.39 is 0 Å². The molecule has 0 aromatic heterocycles. The van der Waals surface area contributed by atoms with Crippen LogP contribution in [0.5, 0.6) is 11.5 Å². The minimum absolute atomic E-state index is 0.00692. The highest BCUT2D eigenvalue weighted by Crippen LogP contribution is 2.27. The molecular weight excluding hydrogens is 320 g/mol. The van der Waals surface area contributed by atoms with Crippen LogP contribution in [0.15, 0.2) is 18.2 Å². The van der Waals surface area contributed by atoms with Gasteiger partial charge in [0.15, 0.2) is 11.5 Å². The average molecular weight is 350 g/mol. The van der Waals surface area contributed by atoms with E-state index in [0.717, 1.165) is 12.0 Å². The molecule has 0 saturated carbocycles. The van der Waals surface area contributed by atoms with Crippen molar-refractivity contribution in [2.45, 2.75) is 39.5 Å². The summed E-state index contributed by atoms with van der Waals surface area (Å²) in [6.45, 7) is 5.15. The lowest BCUT2D eigenvalue weighted by atomic mass is 10.0. The highest BCUT2D eigenvalue weighted by molar-refractivity contribution is 5.79. The Morgan fingerprint density at radius 3 is 2.16 bits per heavy atom. The summed E-state index contributed by atoms with van der Waals surface area (Å²) in [6.07, 6.45) is 2.35. The van der Waals surface area contributed by atoms with Crippen LogP contribution in [0.4, 0.5) is 0 Å². The number of rotatable bonds is 11. The quantitative estimate of drug-likeness (QED) is 0.642. The zero-order chi connectivity index (χ0) is 18.7. The van der Waals surface area contributed by atoms with Crippen LogP contribution >= 0.6 is 0 Å². The van der Waals surface area contributed by atoms with Crippen LogP contribution in [-0.4, -0.2) is 39.1 Å². The van der Waals surface area contributed by atoms with Gasteiger partial charge in [0, 0.05) is 25.9 Å². The SMILES string of the molecule is CCCNC(=O)C[C@@H](C)CC(=O)NCCc1ccc(OC)c(OC)c1. The predicted molar refractivity (Wildman–Crippen MR) is 98.0 cm³/mol. The van der Waals surface area contributed by atoms with Crippen LogP contribution in [0.1, 0.15) is 38.7 Å². The fraction of sp³-hybridized carbons (Fsp3) is 0.579. The van der Waals surface area contributed by atoms with Crippen molar-refractivity contribution in [1.29, 1.82) is 0 Å². The highest BCUT2D eigenvalue weighted by atomic mass is 16.5. The van der Waals surface area contributed by atoms with Crippen molar-refractivity contribution in [3.63, 3.8) is 0 Å². The summed E-state index contributed by atoms with van der Waals surface area (Å²) < 4.78 is 10.5. The molecule has 1 atom stereocenters. The van der Waals surface area contributed by atoms with Gasteiger partial charge in [-0.05, 0) is 36.5 Å². The van der Waals surface area contributed by atoms with Gasteiger partial charge < -0.3 is 20.1 Å². The van der Waals surface area contributed by atoms with Crippen LogP contribution in [0.3, 0.4) is 0 Å². The fourth-order valence-corrected chi connectivity index (χ4v) is 2.50. The number of hydrogen-bond acceptors (Lipinski definition) is 4. The first-order valence-electron chi connectivity index (χ1n) is 8.74. The van der Waals surface area contributed by atoms with Crippen molar-refractivity contribution in [2.75, 3.05) is 27.3 Å². The first-order chi connectivity index (χ1) is 12.0. The van der Waals surface area contributed by atoms with Gasteiger partial charge >= 0.3 is 0 Å². The van der Waals surface area contributed by atoms with Gasteiger partial charge in [0.2, 0.25) is 11.8 Å². The van der Waals surface area contributed by atoms with Crippen molar-refractivity contribution >= 4 is 11.8 Å². The Balaban J connectivity index is 2.33. The third kappa shape index (κ3) is 7.92. The molecule has 2 amide bonds. The van der Waals surface area contributed by atoms with Crippen LogP contribution in [0.25, 0.3) is 0 Å². The zero-order valence-corrected chi connectivity index (χ0v) is 15.7. The summed E-state index contributed by atoms with van der Waals surface area (Å²) in [7, 11) is 3.20. The number of benzene rings is 1. The van der Waals surface area contributed by atoms with E-state index in [1.165, 1.54) is 0 Å². The third-order valence-electron chi connectivity index (χ3n) is 3.82. The van der Waals surface area contributed by atoms with Gasteiger partial charge in [0.1, 0.15) is 0 Å². The lowest BCUT2D eigenvalue weighted by Gasteiger charge is -2.12. The molecule has 25 heavy (non-hydrogen) atoms. The molecule has 0 aliphatic heterocycles. The smallest absolute Gasteiger partial charge is 0.220 e. The van der Waals surface area contributed by atoms with Gasteiger partial charge in [-0.25, -0.2) is 0 Å². The van der Waals surface area contributed by atoms with E-state index >= 15 is 0 Å². The first-order valence-corrected chi connectivity index (χ1v) is 8.74. The van der Waals surface area contributed by atoms with E-state index in [-0.39, 0.29) is 17.7 Å². The predicted octanol–water partition coefficient (Wildman–Crippen LogP) is 2.30. The molecule has 1 aromatic carbocycles. The van der Waals surface area contributed by atoms with E-state index in [1.54, 1.807) is 14.2 Å². The normalized spacial score (nSPS) is 11.5. The molecule has 0 saturated heterocycles. The molecule has 0 fully saturated rings. The Labute approximate surface area is 150 Å². The molecule has 0 bridgehead atoms. The van der Waals surface area contributed by atoms with Crippen molar-refractivity contribution in [2.24, 2.45) is 5.92 Å². The second-order valence-corrected chi connectivity index (χ2v) is 6.15. The summed E-state index contributed by atoms with van der Waals surface area (Å²) in [5, 5.41) is 5.73. The van der Waals surface area contributed by atoms with Crippen LogP contribution < -0.4 is 20.1 Å². The van der Waals surface area contributed by atoms with E-state index in [2.05, 4.69) is 10.6 Å². The topological polar surface area (TPSA) is 76.7 Å². The zero-order valence-electron chi connectivity index (χ0n) is 15.7. The number of amides is 2. The van der Waals surface area contributed by atoms with Gasteiger partial charge in [-0.2, -0.15) is 0 Å². The molecule has 0 spiro atoms. The molecular formula is C19H30N2O4. The molecule has 0 radical (unpaired) electrons. The van der Waals surface area contributed by atoms with E-state index in [0.29, 0.717) is 43.9 Å². The first kappa shape index (κ1) is 20.8. The summed E-state index contributed by atoms with van der Waals surface area (Å²) in [5.74, 6) is 1.37. The third-order valence-corrected chi connectivity index (χ3v) is 3.82. The number of hydrogen-bond donors (Lipinski definition) is 2. The second-order valence-electron chi connectivity index (χ2n) is 6.15. The Bertz CT molecular complexity index is 560. The lowest BCUT2D eigenvalue weighted by molar-refractivity contribution is -0.123. The lowest BCUT2D eigenvalue weighted by Crippen LogP contribution is -2.30. The van der Waals surface area contributed by atoms with Crippen molar-refractivity contribution in [3.8, 4) is 11.5 Å². The van der Waals surface area contributed by atoms with Gasteiger partial charge in [-0.3, -0.25) is 9.59 Å². The number of ether oxygens (including phenoxy) is 2. The molecule has 0 aliphatic carbocycles. The van der Waals surface area contributed by atoms with Gasteiger partial charge in [0.05, 0.1) is 14.2 Å². The number of carbonyl (C=O) groups is 2. The second kappa shape index (κ2) is 11.3. The maximum Gasteiger partial charge on any atom is 0.220 e. The van der Waals surface area contributed by atoms with Crippen LogP contribution in [-0.2, 0) is 16.0 Å². The number of nitrogens with one attached hydrogen (secondary N) is 2. The minimum atomic E-state index is -0.0312. The van der Waals surface area contributed by atoms with E-state index in [4.69, 9.17) is 9.47 Å². The maximum absolute atomic E-state index is 12.0. The summed E-state index contributed by atoms with van der Waals surface area (Å²) in [5.41, 5.74) is 1.06. The molecule has 6 nitrogen and oxygen atoms in total. The highest BCUT2D eigenvalue weighted by Gasteiger charge is 2.13. The summed E-state index contributed by atoms with van der Waals surface area (Å²) in [4.78, 5) is 23.6. The molecule has 6 heteroatoms. The Morgan fingerprint density at radius 2 is 1.60 bits per heavy atom. The molecule has 0 unspecified atom stereocenters. The molecule has 0 heterocycles. The Hall–Kier alpha value is -2.24. The van der Waals surface area contributed by atoms with Gasteiger partial charge in [-0.15, -0.1) is 0 Å². The monoisotopic (exact) mass is 350 g/mol. The fourth-order valence-electron chi connectivity index (χ4n) is 2.50. The van der Waals surface area contributed by atoms with Crippen molar-refractivity contribution in [1.82, 2.24) is 10.6 Å². The van der Waals surface area contributed by atoms with Gasteiger partial charge in [-0.1, -0.05) is 19.9 Å². The van der Waals surface area contributed by atoms with Crippen LogP contribution in [0.2, 0.25) is 0 Å². The molecule has 1 aromatic rings. The van der Waals surface area contributed by atoms with E-state index in [9.17, 15) is 9.59 Å². The standard InChI is InChI=1S/C19H30N2O4/c1-5-9-20-18(22)11-14(2)12-19(23)21-10-8-15-6-7-16(24-3)17(13-15)25-4/h6-7,13-14H,5,8-12H2,1-4H3,(H,20,22)(H,21,23)/t14-/m1/s1. The van der Waals surface area contributed by atoms with Crippen LogP contribution in [0, 0.1) is 5.92 Å². The summed E-state index contributed by atoms with van der Waals surface area (Å²) >= 11 is 0. The molecule has 0 aliphatic rings.